The van der Waals surface area contributed by atoms with Gasteiger partial charge in [-0.1, -0.05) is 26.8 Å². The van der Waals surface area contributed by atoms with Crippen LogP contribution in [-0.2, 0) is 14.0 Å². The van der Waals surface area contributed by atoms with Crippen molar-refractivity contribution in [1.29, 1.82) is 0 Å². The highest BCUT2D eigenvalue weighted by atomic mass is 28.4. The van der Waals surface area contributed by atoms with Gasteiger partial charge in [-0.05, 0) is 45.8 Å². The van der Waals surface area contributed by atoms with Gasteiger partial charge in [0.2, 0.25) is 0 Å². The van der Waals surface area contributed by atoms with Gasteiger partial charge in [0, 0.05) is 6.08 Å². The Morgan fingerprint density at radius 1 is 1.11 bits per heavy atom. The van der Waals surface area contributed by atoms with Crippen molar-refractivity contribution in [3.05, 3.63) is 12.2 Å². The van der Waals surface area contributed by atoms with Gasteiger partial charge in [-0.25, -0.2) is 4.79 Å². The molecule has 0 spiro atoms. The average Bonchev–Trinajstić information content (AvgIpc) is 2.09. The van der Waals surface area contributed by atoms with Crippen LogP contribution in [0.5, 0.6) is 0 Å². The Morgan fingerprint density at radius 3 is 1.95 bits per heavy atom. The summed E-state index contributed by atoms with van der Waals surface area (Å²) in [6.07, 6.45) is 3.16. The number of carbonyl (C=O) groups is 1. The topological polar surface area (TPSA) is 35.5 Å². The summed E-state index contributed by atoms with van der Waals surface area (Å²) in [6, 6.07) is 0. The van der Waals surface area contributed by atoms with Crippen LogP contribution in [-0.4, -0.2) is 26.0 Å². The zero-order valence-corrected chi connectivity index (χ0v) is 15.0. The molecule has 0 aromatic rings. The van der Waals surface area contributed by atoms with Crippen molar-refractivity contribution in [2.45, 2.75) is 78.3 Å². The van der Waals surface area contributed by atoms with Crippen LogP contribution < -0.4 is 0 Å². The summed E-state index contributed by atoms with van der Waals surface area (Å²) in [5.74, 6) is -0.321. The predicted molar refractivity (Wildman–Crippen MR) is 82.7 cm³/mol. The number of hydrogen-bond acceptors (Lipinski definition) is 3. The molecule has 0 N–H and O–H groups in total. The van der Waals surface area contributed by atoms with Crippen molar-refractivity contribution in [2.75, 3.05) is 0 Å². The Morgan fingerprint density at radius 2 is 1.58 bits per heavy atom. The Hall–Kier alpha value is -0.613. The molecule has 0 rings (SSSR count). The predicted octanol–water partition coefficient (Wildman–Crippen LogP) is 4.29. The summed E-state index contributed by atoms with van der Waals surface area (Å²) in [5, 5.41) is 0.168. The van der Waals surface area contributed by atoms with Crippen LogP contribution in [0.3, 0.4) is 0 Å². The fraction of sp³-hybridized carbons (Fsp3) is 0.800. The van der Waals surface area contributed by atoms with Crippen molar-refractivity contribution in [1.82, 2.24) is 0 Å². The molecule has 0 aliphatic carbocycles. The lowest BCUT2D eigenvalue weighted by Gasteiger charge is -2.37. The highest BCUT2D eigenvalue weighted by Crippen LogP contribution is 2.37. The summed E-state index contributed by atoms with van der Waals surface area (Å²) < 4.78 is 11.3. The summed E-state index contributed by atoms with van der Waals surface area (Å²) in [7, 11) is -1.79. The molecule has 0 aliphatic rings. The molecule has 0 aromatic carbocycles. The first kappa shape index (κ1) is 18.4. The summed E-state index contributed by atoms with van der Waals surface area (Å²) >= 11 is 0. The molecule has 0 amide bonds. The second-order valence-corrected chi connectivity index (χ2v) is 12.2. The molecular weight excluding hydrogens is 256 g/mol. The van der Waals surface area contributed by atoms with Gasteiger partial charge in [-0.15, -0.1) is 0 Å². The molecule has 0 saturated carbocycles. The number of rotatable bonds is 4. The first-order valence-electron chi connectivity index (χ1n) is 6.83. The van der Waals surface area contributed by atoms with E-state index in [1.54, 1.807) is 6.08 Å². The minimum Gasteiger partial charge on any atom is -0.457 e. The van der Waals surface area contributed by atoms with Gasteiger partial charge >= 0.3 is 5.97 Å². The Bertz CT molecular complexity index is 332. The maximum absolute atomic E-state index is 11.6. The van der Waals surface area contributed by atoms with E-state index >= 15 is 0 Å². The van der Waals surface area contributed by atoms with E-state index in [0.717, 1.165) is 0 Å². The summed E-state index contributed by atoms with van der Waals surface area (Å²) in [6.45, 7) is 18.5. The molecule has 3 nitrogen and oxygen atoms in total. The maximum atomic E-state index is 11.6. The fourth-order valence-electron chi connectivity index (χ4n) is 1.23. The minimum atomic E-state index is -1.79. The van der Waals surface area contributed by atoms with E-state index in [9.17, 15) is 4.79 Å². The molecule has 0 aromatic heterocycles. The van der Waals surface area contributed by atoms with Crippen molar-refractivity contribution < 1.29 is 14.0 Å². The van der Waals surface area contributed by atoms with Gasteiger partial charge in [0.1, 0.15) is 5.60 Å². The van der Waals surface area contributed by atoms with E-state index in [2.05, 4.69) is 33.9 Å². The Balaban J connectivity index is 4.48. The van der Waals surface area contributed by atoms with Crippen LogP contribution in [0.25, 0.3) is 0 Å². The SMILES string of the molecule is C[C@@H](/C=C/C(=O)OC(C)(C)C)O[Si](C)(C)C(C)(C)C. The Labute approximate surface area is 119 Å². The highest BCUT2D eigenvalue weighted by molar-refractivity contribution is 6.74. The van der Waals surface area contributed by atoms with Crippen LogP contribution in [0.15, 0.2) is 12.2 Å². The highest BCUT2D eigenvalue weighted by Gasteiger charge is 2.38. The molecule has 0 heterocycles. The van der Waals surface area contributed by atoms with Crippen LogP contribution in [0.2, 0.25) is 18.1 Å². The fourth-order valence-corrected chi connectivity index (χ4v) is 2.59. The number of ether oxygens (including phenoxy) is 1. The number of carbonyl (C=O) groups excluding carboxylic acids is 1. The van der Waals surface area contributed by atoms with E-state index in [4.69, 9.17) is 9.16 Å². The monoisotopic (exact) mass is 286 g/mol. The third kappa shape index (κ3) is 7.53. The summed E-state index contributed by atoms with van der Waals surface area (Å²) in [4.78, 5) is 11.6. The van der Waals surface area contributed by atoms with Crippen LogP contribution >= 0.6 is 0 Å². The number of hydrogen-bond donors (Lipinski definition) is 0. The van der Waals surface area contributed by atoms with Crippen molar-refractivity contribution in [2.24, 2.45) is 0 Å². The summed E-state index contributed by atoms with van der Waals surface area (Å²) in [5.41, 5.74) is -0.453. The molecule has 0 radical (unpaired) electrons. The first-order chi connectivity index (χ1) is 8.24. The average molecular weight is 286 g/mol. The van der Waals surface area contributed by atoms with Crippen LogP contribution in [0, 0.1) is 0 Å². The van der Waals surface area contributed by atoms with Gasteiger partial charge in [-0.2, -0.15) is 0 Å². The van der Waals surface area contributed by atoms with Gasteiger partial charge < -0.3 is 9.16 Å². The van der Waals surface area contributed by atoms with Gasteiger partial charge in [0.05, 0.1) is 6.10 Å². The molecule has 0 bridgehead atoms. The normalized spacial score (nSPS) is 15.6. The zero-order chi connectivity index (χ0) is 15.5. The smallest absolute Gasteiger partial charge is 0.331 e. The molecule has 0 fully saturated rings. The van der Waals surface area contributed by atoms with Gasteiger partial charge in [0.15, 0.2) is 8.32 Å². The zero-order valence-electron chi connectivity index (χ0n) is 14.0. The van der Waals surface area contributed by atoms with E-state index in [-0.39, 0.29) is 17.1 Å². The molecule has 0 saturated heterocycles. The quantitative estimate of drug-likeness (QED) is 0.439. The van der Waals surface area contributed by atoms with E-state index < -0.39 is 13.9 Å². The number of esters is 1. The van der Waals surface area contributed by atoms with Crippen molar-refractivity contribution >= 4 is 14.3 Å². The van der Waals surface area contributed by atoms with E-state index in [1.807, 2.05) is 27.7 Å². The Kier molecular flexibility index (Phi) is 6.02. The van der Waals surface area contributed by atoms with Crippen molar-refractivity contribution in [3.8, 4) is 0 Å². The third-order valence-electron chi connectivity index (χ3n) is 3.20. The molecule has 0 unspecified atom stereocenters. The molecule has 19 heavy (non-hydrogen) atoms. The first-order valence-corrected chi connectivity index (χ1v) is 9.74. The molecule has 0 aliphatic heterocycles. The van der Waals surface area contributed by atoms with Crippen molar-refractivity contribution in [3.63, 3.8) is 0 Å². The van der Waals surface area contributed by atoms with Crippen LogP contribution in [0.1, 0.15) is 48.5 Å². The third-order valence-corrected chi connectivity index (χ3v) is 7.77. The van der Waals surface area contributed by atoms with E-state index in [1.165, 1.54) is 6.08 Å². The molecule has 112 valence electrons. The van der Waals surface area contributed by atoms with Gasteiger partial charge in [0.25, 0.3) is 0 Å². The molecule has 4 heteroatoms. The van der Waals surface area contributed by atoms with Gasteiger partial charge in [-0.3, -0.25) is 0 Å². The molecular formula is C15H30O3Si. The van der Waals surface area contributed by atoms with Crippen LogP contribution in [0.4, 0.5) is 0 Å². The van der Waals surface area contributed by atoms with E-state index in [0.29, 0.717) is 0 Å². The second kappa shape index (κ2) is 6.22. The lowest BCUT2D eigenvalue weighted by molar-refractivity contribution is -0.148. The largest absolute Gasteiger partial charge is 0.457 e. The maximum Gasteiger partial charge on any atom is 0.331 e. The second-order valence-electron chi connectivity index (χ2n) is 7.48. The lowest BCUT2D eigenvalue weighted by atomic mass is 10.2. The minimum absolute atomic E-state index is 0.0755. The molecule has 1 atom stereocenters. The standard InChI is InChI=1S/C15H30O3Si/c1-12(18-19(8,9)15(5,6)7)10-11-13(16)17-14(2,3)4/h10-12H,1-9H3/b11-10+/t12-/m0/s1. The lowest BCUT2D eigenvalue weighted by Crippen LogP contribution is -2.42.